The molecule has 0 bridgehead atoms. The standard InChI is InChI=1S/C13H22O3/c1-12(2,15)11(14)10-5-8-16-13(9-10)6-3-4-7-13/h10,15H,3-9H2,1-2H3. The van der Waals surface area contributed by atoms with Crippen molar-refractivity contribution in [1.29, 1.82) is 0 Å². The molecule has 1 N–H and O–H groups in total. The molecule has 0 aromatic rings. The molecule has 3 heteroatoms. The van der Waals surface area contributed by atoms with Gasteiger partial charge in [0, 0.05) is 12.5 Å². The number of Topliss-reactive ketones (excluding diaryl/α,β-unsaturated/α-hetero) is 1. The van der Waals surface area contributed by atoms with E-state index in [1.54, 1.807) is 13.8 Å². The van der Waals surface area contributed by atoms with E-state index in [0.717, 1.165) is 25.7 Å². The number of carbonyl (C=O) groups is 1. The normalized spacial score (nSPS) is 29.6. The summed E-state index contributed by atoms with van der Waals surface area (Å²) < 4.78 is 5.89. The first kappa shape index (κ1) is 12.1. The quantitative estimate of drug-likeness (QED) is 0.784. The summed E-state index contributed by atoms with van der Waals surface area (Å²) in [6.07, 6.45) is 6.18. The largest absolute Gasteiger partial charge is 0.383 e. The van der Waals surface area contributed by atoms with E-state index in [1.165, 1.54) is 12.8 Å². The van der Waals surface area contributed by atoms with Crippen LogP contribution in [0.2, 0.25) is 0 Å². The van der Waals surface area contributed by atoms with E-state index in [1.807, 2.05) is 0 Å². The first-order valence-corrected chi connectivity index (χ1v) is 6.34. The van der Waals surface area contributed by atoms with Crippen molar-refractivity contribution < 1.29 is 14.6 Å². The van der Waals surface area contributed by atoms with Crippen molar-refractivity contribution in [3.8, 4) is 0 Å². The lowest BCUT2D eigenvalue weighted by atomic mass is 9.78. The molecule has 0 aromatic heterocycles. The summed E-state index contributed by atoms with van der Waals surface area (Å²) in [5.74, 6) is -0.0195. The molecule has 1 heterocycles. The van der Waals surface area contributed by atoms with Gasteiger partial charge in [0.2, 0.25) is 0 Å². The molecule has 92 valence electrons. The van der Waals surface area contributed by atoms with Gasteiger partial charge in [-0.15, -0.1) is 0 Å². The summed E-state index contributed by atoms with van der Waals surface area (Å²) in [6.45, 7) is 3.85. The molecule has 1 atom stereocenters. The van der Waals surface area contributed by atoms with E-state index in [-0.39, 0.29) is 17.3 Å². The Bertz CT molecular complexity index is 271. The molecule has 0 radical (unpaired) electrons. The fourth-order valence-electron chi connectivity index (χ4n) is 3.12. The molecule has 0 aromatic carbocycles. The maximum atomic E-state index is 12.1. The first-order valence-electron chi connectivity index (χ1n) is 6.34. The van der Waals surface area contributed by atoms with Gasteiger partial charge in [0.15, 0.2) is 5.78 Å². The van der Waals surface area contributed by atoms with Crippen LogP contribution < -0.4 is 0 Å². The molecule has 3 nitrogen and oxygen atoms in total. The van der Waals surface area contributed by atoms with E-state index in [9.17, 15) is 9.90 Å². The van der Waals surface area contributed by atoms with E-state index in [0.29, 0.717) is 6.61 Å². The van der Waals surface area contributed by atoms with Crippen LogP contribution in [0.4, 0.5) is 0 Å². The Morgan fingerprint density at radius 3 is 2.56 bits per heavy atom. The number of ether oxygens (including phenoxy) is 1. The predicted molar refractivity (Wildman–Crippen MR) is 61.2 cm³/mol. The molecule has 1 spiro atoms. The first-order chi connectivity index (χ1) is 7.43. The molecule has 1 aliphatic carbocycles. The van der Waals surface area contributed by atoms with E-state index in [4.69, 9.17) is 4.74 Å². The maximum Gasteiger partial charge on any atom is 0.167 e. The van der Waals surface area contributed by atoms with Crippen molar-refractivity contribution in [2.45, 2.75) is 63.6 Å². The van der Waals surface area contributed by atoms with Gasteiger partial charge in [0.05, 0.1) is 5.60 Å². The van der Waals surface area contributed by atoms with Crippen LogP contribution in [0.1, 0.15) is 52.4 Å². The molecular formula is C13H22O3. The summed E-state index contributed by atoms with van der Waals surface area (Å²) in [6, 6.07) is 0. The van der Waals surface area contributed by atoms with Crippen molar-refractivity contribution in [2.24, 2.45) is 5.92 Å². The third-order valence-electron chi connectivity index (χ3n) is 3.98. The van der Waals surface area contributed by atoms with Crippen molar-refractivity contribution in [3.05, 3.63) is 0 Å². The molecule has 16 heavy (non-hydrogen) atoms. The number of hydrogen-bond donors (Lipinski definition) is 1. The molecule has 2 fully saturated rings. The van der Waals surface area contributed by atoms with Gasteiger partial charge < -0.3 is 9.84 Å². The smallest absolute Gasteiger partial charge is 0.167 e. The zero-order chi connectivity index (χ0) is 11.8. The van der Waals surface area contributed by atoms with Crippen LogP contribution in [0.15, 0.2) is 0 Å². The Kier molecular flexibility index (Phi) is 3.10. The molecule has 1 unspecified atom stereocenters. The SMILES string of the molecule is CC(C)(O)C(=O)C1CCOC2(CCCC2)C1. The van der Waals surface area contributed by atoms with E-state index < -0.39 is 5.60 Å². The summed E-state index contributed by atoms with van der Waals surface area (Å²) in [5, 5.41) is 9.78. The van der Waals surface area contributed by atoms with Gasteiger partial charge in [-0.25, -0.2) is 0 Å². The number of aliphatic hydroxyl groups is 1. The summed E-state index contributed by atoms with van der Waals surface area (Å²) in [4.78, 5) is 12.1. The molecule has 1 aliphatic heterocycles. The minimum absolute atomic E-state index is 0.00755. The van der Waals surface area contributed by atoms with Gasteiger partial charge in [-0.05, 0) is 39.5 Å². The van der Waals surface area contributed by atoms with Crippen LogP contribution in [0.5, 0.6) is 0 Å². The van der Waals surface area contributed by atoms with Crippen LogP contribution in [0.3, 0.4) is 0 Å². The minimum atomic E-state index is -1.19. The second-order valence-corrected chi connectivity index (χ2v) is 5.85. The number of carbonyl (C=O) groups excluding carboxylic acids is 1. The molecular weight excluding hydrogens is 204 g/mol. The molecule has 1 saturated heterocycles. The molecule has 1 saturated carbocycles. The fraction of sp³-hybridized carbons (Fsp3) is 0.923. The highest BCUT2D eigenvalue weighted by atomic mass is 16.5. The Hall–Kier alpha value is -0.410. The van der Waals surface area contributed by atoms with Gasteiger partial charge in [0.1, 0.15) is 5.60 Å². The average Bonchev–Trinajstić information content (AvgIpc) is 2.64. The van der Waals surface area contributed by atoms with Gasteiger partial charge in [-0.2, -0.15) is 0 Å². The van der Waals surface area contributed by atoms with Gasteiger partial charge in [-0.1, -0.05) is 12.8 Å². The lowest BCUT2D eigenvalue weighted by Gasteiger charge is -2.39. The lowest BCUT2D eigenvalue weighted by Crippen LogP contribution is -2.45. The highest BCUT2D eigenvalue weighted by Gasteiger charge is 2.44. The second-order valence-electron chi connectivity index (χ2n) is 5.85. The van der Waals surface area contributed by atoms with Crippen LogP contribution in [-0.2, 0) is 9.53 Å². The lowest BCUT2D eigenvalue weighted by molar-refractivity contribution is -0.150. The van der Waals surface area contributed by atoms with Crippen LogP contribution in [-0.4, -0.2) is 28.7 Å². The average molecular weight is 226 g/mol. The van der Waals surface area contributed by atoms with Crippen molar-refractivity contribution >= 4 is 5.78 Å². The zero-order valence-corrected chi connectivity index (χ0v) is 10.3. The second kappa shape index (κ2) is 4.11. The highest BCUT2D eigenvalue weighted by molar-refractivity contribution is 5.88. The highest BCUT2D eigenvalue weighted by Crippen LogP contribution is 2.42. The summed E-state index contributed by atoms with van der Waals surface area (Å²) >= 11 is 0. The van der Waals surface area contributed by atoms with Crippen LogP contribution in [0.25, 0.3) is 0 Å². The number of ketones is 1. The Balaban J connectivity index is 2.04. The van der Waals surface area contributed by atoms with Gasteiger partial charge in [0.25, 0.3) is 0 Å². The van der Waals surface area contributed by atoms with Gasteiger partial charge in [-0.3, -0.25) is 4.79 Å². The molecule has 2 aliphatic rings. The zero-order valence-electron chi connectivity index (χ0n) is 10.3. The fourth-order valence-corrected chi connectivity index (χ4v) is 3.12. The Morgan fingerprint density at radius 1 is 1.38 bits per heavy atom. The van der Waals surface area contributed by atoms with E-state index in [2.05, 4.69) is 0 Å². The summed E-state index contributed by atoms with van der Waals surface area (Å²) in [5.41, 5.74) is -1.23. The van der Waals surface area contributed by atoms with Crippen molar-refractivity contribution in [2.75, 3.05) is 6.61 Å². The van der Waals surface area contributed by atoms with Crippen molar-refractivity contribution in [1.82, 2.24) is 0 Å². The number of hydrogen-bond acceptors (Lipinski definition) is 3. The number of rotatable bonds is 2. The van der Waals surface area contributed by atoms with Crippen LogP contribution >= 0.6 is 0 Å². The Morgan fingerprint density at radius 2 is 2.00 bits per heavy atom. The summed E-state index contributed by atoms with van der Waals surface area (Å²) in [7, 11) is 0. The Labute approximate surface area is 97.2 Å². The minimum Gasteiger partial charge on any atom is -0.383 e. The molecule has 0 amide bonds. The third kappa shape index (κ3) is 2.30. The van der Waals surface area contributed by atoms with E-state index >= 15 is 0 Å². The van der Waals surface area contributed by atoms with Crippen LogP contribution in [0, 0.1) is 5.92 Å². The monoisotopic (exact) mass is 226 g/mol. The third-order valence-corrected chi connectivity index (χ3v) is 3.98. The maximum absolute atomic E-state index is 12.1. The topological polar surface area (TPSA) is 46.5 Å². The predicted octanol–water partition coefficient (Wildman–Crippen LogP) is 2.07. The van der Waals surface area contributed by atoms with Crippen molar-refractivity contribution in [3.63, 3.8) is 0 Å². The molecule has 2 rings (SSSR count). The van der Waals surface area contributed by atoms with Gasteiger partial charge >= 0.3 is 0 Å².